The van der Waals surface area contributed by atoms with Crippen LogP contribution < -0.4 is 10.6 Å². The van der Waals surface area contributed by atoms with Crippen molar-refractivity contribution in [3.63, 3.8) is 0 Å². The minimum absolute atomic E-state index is 0.109. The van der Waals surface area contributed by atoms with Gasteiger partial charge in [0.25, 0.3) is 0 Å². The van der Waals surface area contributed by atoms with E-state index in [1.165, 1.54) is 0 Å². The Kier molecular flexibility index (Phi) is 6.29. The van der Waals surface area contributed by atoms with Crippen LogP contribution in [0, 0.1) is 0 Å². The first-order chi connectivity index (χ1) is 12.5. The summed E-state index contributed by atoms with van der Waals surface area (Å²) in [6.45, 7) is 4.68. The molecule has 8 heteroatoms. The van der Waals surface area contributed by atoms with E-state index in [4.69, 9.17) is 4.74 Å². The number of morpholine rings is 1. The highest BCUT2D eigenvalue weighted by atomic mass is 32.2. The summed E-state index contributed by atoms with van der Waals surface area (Å²) in [6, 6.07) is 6.39. The summed E-state index contributed by atoms with van der Waals surface area (Å²) >= 11 is 0. The lowest BCUT2D eigenvalue weighted by Gasteiger charge is -2.29. The molecule has 2 saturated heterocycles. The SMILES string of the molecule is C[C@H]1OCCN[C@@H]1C(=O)NCc1ccc(S(=O)(=O)N2CCCCC2)cc1. The normalized spacial score (nSPS) is 25.0. The molecule has 0 unspecified atom stereocenters. The minimum atomic E-state index is -3.42. The van der Waals surface area contributed by atoms with Gasteiger partial charge in [0, 0.05) is 26.2 Å². The quantitative estimate of drug-likeness (QED) is 0.790. The Balaban J connectivity index is 1.58. The fraction of sp³-hybridized carbons (Fsp3) is 0.611. The molecule has 3 rings (SSSR count). The summed E-state index contributed by atoms with van der Waals surface area (Å²) in [5.41, 5.74) is 0.861. The number of amides is 1. The summed E-state index contributed by atoms with van der Waals surface area (Å²) in [5.74, 6) is -0.109. The number of hydrogen-bond acceptors (Lipinski definition) is 5. The van der Waals surface area contributed by atoms with Gasteiger partial charge in [-0.2, -0.15) is 4.31 Å². The molecule has 144 valence electrons. The lowest BCUT2D eigenvalue weighted by atomic mass is 10.1. The highest BCUT2D eigenvalue weighted by Gasteiger charge is 2.28. The zero-order chi connectivity index (χ0) is 18.6. The molecule has 0 bridgehead atoms. The first kappa shape index (κ1) is 19.3. The molecule has 2 atom stereocenters. The third kappa shape index (κ3) is 4.43. The van der Waals surface area contributed by atoms with Crippen LogP contribution in [0.25, 0.3) is 0 Å². The van der Waals surface area contributed by atoms with E-state index in [-0.39, 0.29) is 18.1 Å². The van der Waals surface area contributed by atoms with Gasteiger partial charge in [0.1, 0.15) is 6.04 Å². The molecule has 2 aliphatic heterocycles. The van der Waals surface area contributed by atoms with Gasteiger partial charge in [-0.05, 0) is 37.5 Å². The number of carbonyl (C=O) groups excluding carboxylic acids is 1. The standard InChI is InChI=1S/C18H27N3O4S/c1-14-17(19-9-12-25-14)18(22)20-13-15-5-7-16(8-6-15)26(23,24)21-10-3-2-4-11-21/h5-8,14,17,19H,2-4,9-13H2,1H3,(H,20,22)/t14-,17+/m1/s1. The van der Waals surface area contributed by atoms with Crippen LogP contribution in [0.2, 0.25) is 0 Å². The van der Waals surface area contributed by atoms with E-state index in [9.17, 15) is 13.2 Å². The van der Waals surface area contributed by atoms with Gasteiger partial charge in [-0.15, -0.1) is 0 Å². The molecule has 0 radical (unpaired) electrons. The maximum absolute atomic E-state index is 12.6. The summed E-state index contributed by atoms with van der Waals surface area (Å²) in [4.78, 5) is 12.6. The van der Waals surface area contributed by atoms with Gasteiger partial charge in [0.15, 0.2) is 0 Å². The highest BCUT2D eigenvalue weighted by Crippen LogP contribution is 2.20. The largest absolute Gasteiger partial charge is 0.375 e. The number of hydrogen-bond donors (Lipinski definition) is 2. The van der Waals surface area contributed by atoms with E-state index in [0.29, 0.717) is 37.7 Å². The average molecular weight is 381 g/mol. The Morgan fingerprint density at radius 3 is 2.58 bits per heavy atom. The summed E-state index contributed by atoms with van der Waals surface area (Å²) in [5, 5.41) is 6.03. The fourth-order valence-corrected chi connectivity index (χ4v) is 4.88. The molecule has 0 saturated carbocycles. The second kappa shape index (κ2) is 8.47. The second-order valence-corrected chi connectivity index (χ2v) is 8.77. The zero-order valence-electron chi connectivity index (χ0n) is 15.1. The van der Waals surface area contributed by atoms with Crippen molar-refractivity contribution in [3.05, 3.63) is 29.8 Å². The van der Waals surface area contributed by atoms with Gasteiger partial charge in [-0.1, -0.05) is 18.6 Å². The molecule has 1 aromatic carbocycles. The highest BCUT2D eigenvalue weighted by molar-refractivity contribution is 7.89. The Morgan fingerprint density at radius 1 is 1.23 bits per heavy atom. The first-order valence-electron chi connectivity index (χ1n) is 9.20. The summed E-state index contributed by atoms with van der Waals surface area (Å²) in [7, 11) is -3.42. The van der Waals surface area contributed by atoms with E-state index < -0.39 is 10.0 Å². The maximum Gasteiger partial charge on any atom is 0.243 e. The van der Waals surface area contributed by atoms with Crippen LogP contribution in [0.5, 0.6) is 0 Å². The molecule has 2 aliphatic rings. The predicted molar refractivity (Wildman–Crippen MR) is 98.1 cm³/mol. The van der Waals surface area contributed by atoms with Crippen LogP contribution in [-0.4, -0.2) is 57.0 Å². The van der Waals surface area contributed by atoms with Gasteiger partial charge in [0.05, 0.1) is 17.6 Å². The van der Waals surface area contributed by atoms with Gasteiger partial charge in [0.2, 0.25) is 15.9 Å². The van der Waals surface area contributed by atoms with Crippen LogP contribution >= 0.6 is 0 Å². The van der Waals surface area contributed by atoms with Crippen molar-refractivity contribution in [1.29, 1.82) is 0 Å². The Hall–Kier alpha value is -1.48. The van der Waals surface area contributed by atoms with Crippen LogP contribution in [0.1, 0.15) is 31.7 Å². The van der Waals surface area contributed by atoms with E-state index in [1.807, 2.05) is 6.92 Å². The molecule has 0 aromatic heterocycles. The van der Waals surface area contributed by atoms with E-state index in [1.54, 1.807) is 28.6 Å². The molecular formula is C18H27N3O4S. The number of ether oxygens (including phenoxy) is 1. The molecule has 2 N–H and O–H groups in total. The Morgan fingerprint density at radius 2 is 1.92 bits per heavy atom. The summed E-state index contributed by atoms with van der Waals surface area (Å²) in [6.07, 6.45) is 2.76. The Bertz CT molecular complexity index is 714. The molecule has 26 heavy (non-hydrogen) atoms. The van der Waals surface area contributed by atoms with Gasteiger partial charge < -0.3 is 15.4 Å². The van der Waals surface area contributed by atoms with Crippen molar-refractivity contribution in [3.8, 4) is 0 Å². The second-order valence-electron chi connectivity index (χ2n) is 6.83. The smallest absolute Gasteiger partial charge is 0.243 e. The van der Waals surface area contributed by atoms with Crippen molar-refractivity contribution in [2.24, 2.45) is 0 Å². The van der Waals surface area contributed by atoms with Crippen molar-refractivity contribution in [2.75, 3.05) is 26.2 Å². The third-order valence-electron chi connectivity index (χ3n) is 4.94. The van der Waals surface area contributed by atoms with Gasteiger partial charge in [-0.3, -0.25) is 4.79 Å². The molecule has 7 nitrogen and oxygen atoms in total. The number of benzene rings is 1. The lowest BCUT2D eigenvalue weighted by molar-refractivity contribution is -0.129. The number of sulfonamides is 1. The molecule has 1 aromatic rings. The van der Waals surface area contributed by atoms with Crippen molar-refractivity contribution in [2.45, 2.75) is 49.8 Å². The molecule has 0 spiro atoms. The van der Waals surface area contributed by atoms with E-state index in [0.717, 1.165) is 24.8 Å². The van der Waals surface area contributed by atoms with Crippen molar-refractivity contribution < 1.29 is 17.9 Å². The average Bonchev–Trinajstić information content (AvgIpc) is 2.67. The minimum Gasteiger partial charge on any atom is -0.375 e. The number of carbonyl (C=O) groups is 1. The maximum atomic E-state index is 12.6. The molecule has 2 fully saturated rings. The van der Waals surface area contributed by atoms with Crippen molar-refractivity contribution in [1.82, 2.24) is 14.9 Å². The monoisotopic (exact) mass is 381 g/mol. The number of rotatable bonds is 5. The third-order valence-corrected chi connectivity index (χ3v) is 6.85. The lowest BCUT2D eigenvalue weighted by Crippen LogP contribution is -2.55. The zero-order valence-corrected chi connectivity index (χ0v) is 15.9. The molecule has 1 amide bonds. The number of nitrogens with zero attached hydrogens (tertiary/aromatic N) is 1. The van der Waals surface area contributed by atoms with E-state index >= 15 is 0 Å². The topological polar surface area (TPSA) is 87.7 Å². The number of nitrogens with one attached hydrogen (secondary N) is 2. The van der Waals surface area contributed by atoms with Gasteiger partial charge >= 0.3 is 0 Å². The number of piperidine rings is 1. The van der Waals surface area contributed by atoms with E-state index in [2.05, 4.69) is 10.6 Å². The first-order valence-corrected chi connectivity index (χ1v) is 10.6. The molecular weight excluding hydrogens is 354 g/mol. The predicted octanol–water partition coefficient (Wildman–Crippen LogP) is 0.854. The fourth-order valence-electron chi connectivity index (χ4n) is 3.36. The van der Waals surface area contributed by atoms with Crippen LogP contribution in [0.4, 0.5) is 0 Å². The van der Waals surface area contributed by atoms with Crippen LogP contribution in [0.15, 0.2) is 29.2 Å². The van der Waals surface area contributed by atoms with Crippen LogP contribution in [-0.2, 0) is 26.1 Å². The molecule has 2 heterocycles. The van der Waals surface area contributed by atoms with Gasteiger partial charge in [-0.25, -0.2) is 8.42 Å². The van der Waals surface area contributed by atoms with Crippen LogP contribution in [0.3, 0.4) is 0 Å². The molecule has 0 aliphatic carbocycles. The van der Waals surface area contributed by atoms with Crippen molar-refractivity contribution >= 4 is 15.9 Å². The Labute approximate surface area is 155 Å². The summed E-state index contributed by atoms with van der Waals surface area (Å²) < 4.78 is 32.3.